The summed E-state index contributed by atoms with van der Waals surface area (Å²) in [6.45, 7) is 1.96. The number of aliphatic hydroxyl groups excluding tert-OH is 1. The average Bonchev–Trinajstić information content (AvgIpc) is 3.58. The maximum absolute atomic E-state index is 11.9. The van der Waals surface area contributed by atoms with Crippen molar-refractivity contribution in [3.63, 3.8) is 0 Å². The van der Waals surface area contributed by atoms with Crippen LogP contribution in [0.1, 0.15) is 56.2 Å². The van der Waals surface area contributed by atoms with Crippen molar-refractivity contribution in [3.05, 3.63) is 11.9 Å². The van der Waals surface area contributed by atoms with Crippen molar-refractivity contribution < 1.29 is 14.6 Å². The van der Waals surface area contributed by atoms with E-state index >= 15 is 0 Å². The SMILES string of the molecule is O=C(CO)N1C[C@H]2C[C@@H](n3cc(C4CC4)nn3)[C@H](OCC3CC3)C[C@H]2C1. The van der Waals surface area contributed by atoms with Gasteiger partial charge in [0.1, 0.15) is 6.61 Å². The van der Waals surface area contributed by atoms with Gasteiger partial charge in [0.25, 0.3) is 0 Å². The molecule has 0 radical (unpaired) electrons. The van der Waals surface area contributed by atoms with Gasteiger partial charge in [-0.2, -0.15) is 0 Å². The van der Waals surface area contributed by atoms with E-state index in [2.05, 4.69) is 16.5 Å². The minimum Gasteiger partial charge on any atom is -0.387 e. The van der Waals surface area contributed by atoms with Crippen molar-refractivity contribution in [3.8, 4) is 0 Å². The minimum absolute atomic E-state index is 0.148. The summed E-state index contributed by atoms with van der Waals surface area (Å²) in [5.41, 5.74) is 1.12. The fourth-order valence-corrected chi connectivity index (χ4v) is 4.71. The van der Waals surface area contributed by atoms with Crippen LogP contribution in [0.3, 0.4) is 0 Å². The van der Waals surface area contributed by atoms with Crippen molar-refractivity contribution in [2.75, 3.05) is 26.3 Å². The standard InChI is InChI=1S/C19H28N4O3/c24-10-19(25)22-7-14-5-17(23-9-16(20-21-23)13-3-4-13)18(6-15(14)8-22)26-11-12-1-2-12/h9,12-15,17-18,24H,1-8,10-11H2/t14-,15+,17-,18-/m1/s1. The highest BCUT2D eigenvalue weighted by Crippen LogP contribution is 2.44. The second-order valence-corrected chi connectivity index (χ2v) is 8.73. The molecule has 0 aromatic carbocycles. The van der Waals surface area contributed by atoms with E-state index in [1.807, 2.05) is 9.58 Å². The first-order valence-electron chi connectivity index (χ1n) is 10.1. The molecule has 0 spiro atoms. The molecule has 26 heavy (non-hydrogen) atoms. The van der Waals surface area contributed by atoms with Gasteiger partial charge >= 0.3 is 0 Å². The fourth-order valence-electron chi connectivity index (χ4n) is 4.71. The molecular weight excluding hydrogens is 332 g/mol. The van der Waals surface area contributed by atoms with E-state index in [0.29, 0.717) is 17.8 Å². The number of carbonyl (C=O) groups excluding carboxylic acids is 1. The molecular formula is C19H28N4O3. The Kier molecular flexibility index (Phi) is 4.24. The summed E-state index contributed by atoms with van der Waals surface area (Å²) in [6, 6.07) is 0.208. The predicted molar refractivity (Wildman–Crippen MR) is 93.4 cm³/mol. The number of ether oxygens (including phenoxy) is 1. The normalized spacial score (nSPS) is 34.1. The van der Waals surface area contributed by atoms with Gasteiger partial charge in [-0.15, -0.1) is 5.10 Å². The summed E-state index contributed by atoms with van der Waals surface area (Å²) < 4.78 is 8.39. The van der Waals surface area contributed by atoms with Crippen LogP contribution in [0.25, 0.3) is 0 Å². The summed E-state index contributed by atoms with van der Waals surface area (Å²) in [7, 11) is 0. The molecule has 5 rings (SSSR count). The van der Waals surface area contributed by atoms with Crippen molar-refractivity contribution in [1.82, 2.24) is 19.9 Å². The van der Waals surface area contributed by atoms with E-state index in [-0.39, 0.29) is 18.1 Å². The third kappa shape index (κ3) is 3.27. The maximum atomic E-state index is 11.9. The Hall–Kier alpha value is -1.47. The summed E-state index contributed by atoms with van der Waals surface area (Å²) >= 11 is 0. The topological polar surface area (TPSA) is 80.5 Å². The molecule has 3 saturated carbocycles. The summed E-state index contributed by atoms with van der Waals surface area (Å²) in [5.74, 6) is 2.13. The molecule has 1 saturated heterocycles. The van der Waals surface area contributed by atoms with Gasteiger partial charge in [-0.3, -0.25) is 4.79 Å². The molecule has 142 valence electrons. The molecule has 1 N–H and O–H groups in total. The Morgan fingerprint density at radius 2 is 1.96 bits per heavy atom. The third-order valence-electron chi connectivity index (χ3n) is 6.68. The molecule has 4 aliphatic rings. The minimum atomic E-state index is -0.391. The lowest BCUT2D eigenvalue weighted by Crippen LogP contribution is -2.38. The molecule has 2 heterocycles. The molecule has 4 atom stereocenters. The number of carbonyl (C=O) groups is 1. The van der Waals surface area contributed by atoms with E-state index < -0.39 is 6.61 Å². The zero-order valence-electron chi connectivity index (χ0n) is 15.2. The van der Waals surface area contributed by atoms with Crippen LogP contribution >= 0.6 is 0 Å². The summed E-state index contributed by atoms with van der Waals surface area (Å²) in [5, 5.41) is 18.0. The Labute approximate surface area is 153 Å². The molecule has 1 aromatic heterocycles. The van der Waals surface area contributed by atoms with Crippen LogP contribution in [0.5, 0.6) is 0 Å². The number of hydrogen-bond acceptors (Lipinski definition) is 5. The van der Waals surface area contributed by atoms with Crippen molar-refractivity contribution in [2.45, 2.75) is 56.6 Å². The Balaban J connectivity index is 1.33. The Morgan fingerprint density at radius 1 is 1.19 bits per heavy atom. The van der Waals surface area contributed by atoms with Crippen LogP contribution in [-0.4, -0.2) is 63.3 Å². The first-order valence-corrected chi connectivity index (χ1v) is 10.1. The van der Waals surface area contributed by atoms with Crippen LogP contribution in [0.2, 0.25) is 0 Å². The van der Waals surface area contributed by atoms with E-state index in [4.69, 9.17) is 4.74 Å². The lowest BCUT2D eigenvalue weighted by Gasteiger charge is -2.37. The lowest BCUT2D eigenvalue weighted by atomic mass is 9.77. The van der Waals surface area contributed by atoms with Gasteiger partial charge in [-0.05, 0) is 56.3 Å². The molecule has 3 aliphatic carbocycles. The largest absolute Gasteiger partial charge is 0.387 e. The number of likely N-dealkylation sites (tertiary alicyclic amines) is 1. The number of fused-ring (bicyclic) bond motifs is 1. The third-order valence-corrected chi connectivity index (χ3v) is 6.68. The highest BCUT2D eigenvalue weighted by atomic mass is 16.5. The highest BCUT2D eigenvalue weighted by Gasteiger charge is 2.45. The van der Waals surface area contributed by atoms with Crippen molar-refractivity contribution >= 4 is 5.91 Å². The number of aliphatic hydroxyl groups is 1. The zero-order valence-corrected chi connectivity index (χ0v) is 15.2. The van der Waals surface area contributed by atoms with E-state index in [1.165, 1.54) is 25.7 Å². The Bertz CT molecular complexity index is 669. The fraction of sp³-hybridized carbons (Fsp3) is 0.842. The van der Waals surface area contributed by atoms with E-state index in [1.54, 1.807) is 0 Å². The molecule has 7 nitrogen and oxygen atoms in total. The van der Waals surface area contributed by atoms with Gasteiger partial charge in [-0.1, -0.05) is 5.21 Å². The van der Waals surface area contributed by atoms with Gasteiger partial charge in [0.2, 0.25) is 5.91 Å². The second-order valence-electron chi connectivity index (χ2n) is 8.73. The van der Waals surface area contributed by atoms with E-state index in [0.717, 1.165) is 44.1 Å². The molecule has 0 bridgehead atoms. The van der Waals surface area contributed by atoms with Crippen LogP contribution in [0, 0.1) is 17.8 Å². The van der Waals surface area contributed by atoms with E-state index in [9.17, 15) is 9.90 Å². The van der Waals surface area contributed by atoms with Gasteiger partial charge in [0, 0.05) is 31.8 Å². The first kappa shape index (κ1) is 16.7. The quantitative estimate of drug-likeness (QED) is 0.828. The van der Waals surface area contributed by atoms with Crippen molar-refractivity contribution in [2.24, 2.45) is 17.8 Å². The molecule has 0 unspecified atom stereocenters. The highest BCUT2D eigenvalue weighted by molar-refractivity contribution is 5.77. The number of amides is 1. The van der Waals surface area contributed by atoms with Crippen LogP contribution in [0.15, 0.2) is 6.20 Å². The first-order chi connectivity index (χ1) is 12.7. The number of rotatable bonds is 6. The van der Waals surface area contributed by atoms with Crippen LogP contribution < -0.4 is 0 Å². The number of aromatic nitrogens is 3. The lowest BCUT2D eigenvalue weighted by molar-refractivity contribution is -0.133. The zero-order chi connectivity index (χ0) is 17.7. The average molecular weight is 360 g/mol. The van der Waals surface area contributed by atoms with Gasteiger partial charge in [-0.25, -0.2) is 4.68 Å². The predicted octanol–water partition coefficient (Wildman–Crippen LogP) is 1.35. The summed E-state index contributed by atoms with van der Waals surface area (Å²) in [4.78, 5) is 13.7. The molecule has 1 aliphatic heterocycles. The Morgan fingerprint density at radius 3 is 2.65 bits per heavy atom. The molecule has 1 amide bonds. The molecule has 4 fully saturated rings. The van der Waals surface area contributed by atoms with Gasteiger partial charge in [0.15, 0.2) is 0 Å². The smallest absolute Gasteiger partial charge is 0.248 e. The number of nitrogens with zero attached hydrogens (tertiary/aromatic N) is 4. The summed E-state index contributed by atoms with van der Waals surface area (Å²) in [6.07, 6.45) is 9.26. The van der Waals surface area contributed by atoms with Crippen LogP contribution in [-0.2, 0) is 9.53 Å². The molecule has 1 aromatic rings. The van der Waals surface area contributed by atoms with Gasteiger partial charge < -0.3 is 14.7 Å². The van der Waals surface area contributed by atoms with Crippen LogP contribution in [0.4, 0.5) is 0 Å². The second kappa shape index (κ2) is 6.60. The van der Waals surface area contributed by atoms with Crippen molar-refractivity contribution in [1.29, 1.82) is 0 Å². The maximum Gasteiger partial charge on any atom is 0.248 e. The molecule has 7 heteroatoms. The van der Waals surface area contributed by atoms with Gasteiger partial charge in [0.05, 0.1) is 17.8 Å². The number of hydrogen-bond donors (Lipinski definition) is 1. The monoisotopic (exact) mass is 360 g/mol.